The number of nitrogens with zero attached hydrogens (tertiary/aromatic N) is 3. The van der Waals surface area contributed by atoms with Crippen LogP contribution < -0.4 is 0 Å². The highest BCUT2D eigenvalue weighted by Crippen LogP contribution is 2.20. The van der Waals surface area contributed by atoms with Gasteiger partial charge in [0.25, 0.3) is 0 Å². The van der Waals surface area contributed by atoms with Crippen molar-refractivity contribution >= 4 is 15.9 Å². The lowest BCUT2D eigenvalue weighted by molar-refractivity contribution is 0.426. The highest BCUT2D eigenvalue weighted by Gasteiger charge is 2.07. The summed E-state index contributed by atoms with van der Waals surface area (Å²) in [6.07, 6.45) is 3.72. The average Bonchev–Trinajstić information content (AvgIpc) is 2.86. The highest BCUT2D eigenvalue weighted by molar-refractivity contribution is 9.08. The van der Waals surface area contributed by atoms with E-state index in [1.807, 2.05) is 23.9 Å². The van der Waals surface area contributed by atoms with Gasteiger partial charge in [-0.2, -0.15) is 5.10 Å². The lowest BCUT2D eigenvalue weighted by Crippen LogP contribution is -1.91. The van der Waals surface area contributed by atoms with Crippen LogP contribution in [-0.4, -0.2) is 14.9 Å². The van der Waals surface area contributed by atoms with Gasteiger partial charge in [0.2, 0.25) is 0 Å². The number of hydrogen-bond acceptors (Lipinski definition) is 3. The third kappa shape index (κ3) is 1.72. The molecule has 5 heteroatoms. The second-order valence-corrected chi connectivity index (χ2v) is 3.46. The van der Waals surface area contributed by atoms with E-state index in [1.54, 1.807) is 6.20 Å². The van der Waals surface area contributed by atoms with E-state index in [9.17, 15) is 0 Å². The van der Waals surface area contributed by atoms with Gasteiger partial charge in [-0.15, -0.1) is 0 Å². The third-order valence-electron chi connectivity index (χ3n) is 1.94. The highest BCUT2D eigenvalue weighted by atomic mass is 79.9. The number of aromatic nitrogens is 3. The molecule has 0 amide bonds. The number of alkyl halides is 1. The molecule has 0 unspecified atom stereocenters. The molecule has 2 aromatic heterocycles. The van der Waals surface area contributed by atoms with E-state index in [0.29, 0.717) is 5.33 Å². The van der Waals surface area contributed by atoms with E-state index < -0.39 is 0 Å². The summed E-state index contributed by atoms with van der Waals surface area (Å²) in [6.45, 7) is 2.90. The smallest absolute Gasteiger partial charge is 0.170 e. The van der Waals surface area contributed by atoms with Gasteiger partial charge in [0, 0.05) is 24.1 Å². The second kappa shape index (κ2) is 3.96. The Bertz CT molecular complexity index is 381. The summed E-state index contributed by atoms with van der Waals surface area (Å²) in [4.78, 5) is 0. The maximum absolute atomic E-state index is 5.17. The molecule has 4 nitrogen and oxygen atoms in total. The lowest BCUT2D eigenvalue weighted by atomic mass is 10.2. The summed E-state index contributed by atoms with van der Waals surface area (Å²) >= 11 is 3.32. The molecule has 0 aliphatic heterocycles. The van der Waals surface area contributed by atoms with Gasteiger partial charge in [-0.1, -0.05) is 21.1 Å². The molecule has 0 aliphatic carbocycles. The Kier molecular flexibility index (Phi) is 2.67. The van der Waals surface area contributed by atoms with Crippen LogP contribution in [0.2, 0.25) is 0 Å². The van der Waals surface area contributed by atoms with E-state index in [-0.39, 0.29) is 0 Å². The van der Waals surface area contributed by atoms with Gasteiger partial charge in [0.1, 0.15) is 0 Å². The molecule has 2 heterocycles. The van der Waals surface area contributed by atoms with Gasteiger partial charge >= 0.3 is 0 Å². The first-order valence-corrected chi connectivity index (χ1v) is 5.50. The predicted molar refractivity (Wildman–Crippen MR) is 56.0 cm³/mol. The molecule has 0 atom stereocenters. The van der Waals surface area contributed by atoms with Crippen molar-refractivity contribution < 1.29 is 4.52 Å². The van der Waals surface area contributed by atoms with Crippen LogP contribution in [-0.2, 0) is 11.9 Å². The van der Waals surface area contributed by atoms with E-state index in [1.165, 1.54) is 0 Å². The van der Waals surface area contributed by atoms with Crippen LogP contribution in [0.15, 0.2) is 23.0 Å². The summed E-state index contributed by atoms with van der Waals surface area (Å²) in [7, 11) is 0. The SMILES string of the molecule is CCn1cc(-c2cc(CBr)no2)cn1. The fraction of sp³-hybridized carbons (Fsp3) is 0.333. The molecular formula is C9H10BrN3O. The normalized spacial score (nSPS) is 10.7. The lowest BCUT2D eigenvalue weighted by Gasteiger charge is -1.89. The Morgan fingerprint density at radius 3 is 3.00 bits per heavy atom. The average molecular weight is 256 g/mol. The molecule has 2 rings (SSSR count). The Hall–Kier alpha value is -1.10. The van der Waals surface area contributed by atoms with Crippen LogP contribution in [0.1, 0.15) is 12.6 Å². The Morgan fingerprint density at radius 2 is 2.43 bits per heavy atom. The zero-order valence-corrected chi connectivity index (χ0v) is 9.36. The quantitative estimate of drug-likeness (QED) is 0.792. The van der Waals surface area contributed by atoms with E-state index >= 15 is 0 Å². The fourth-order valence-electron chi connectivity index (χ4n) is 1.17. The minimum Gasteiger partial charge on any atom is -0.356 e. The van der Waals surface area contributed by atoms with Crippen molar-refractivity contribution in [2.75, 3.05) is 0 Å². The number of hydrogen-bond donors (Lipinski definition) is 0. The van der Waals surface area contributed by atoms with Crippen LogP contribution in [0.5, 0.6) is 0 Å². The summed E-state index contributed by atoms with van der Waals surface area (Å²) in [6, 6.07) is 1.91. The van der Waals surface area contributed by atoms with Gasteiger partial charge in [0.15, 0.2) is 5.76 Å². The molecule has 0 spiro atoms. The van der Waals surface area contributed by atoms with Crippen LogP contribution in [0.25, 0.3) is 11.3 Å². The van der Waals surface area contributed by atoms with Crippen LogP contribution in [0.4, 0.5) is 0 Å². The molecule has 74 valence electrons. The Labute approximate surface area is 90.0 Å². The first kappa shape index (κ1) is 9.45. The fourth-order valence-corrected chi connectivity index (χ4v) is 1.44. The topological polar surface area (TPSA) is 43.9 Å². The number of rotatable bonds is 3. The summed E-state index contributed by atoms with van der Waals surface area (Å²) in [5.74, 6) is 0.763. The van der Waals surface area contributed by atoms with Crippen molar-refractivity contribution in [2.45, 2.75) is 18.8 Å². The monoisotopic (exact) mass is 255 g/mol. The van der Waals surface area contributed by atoms with Gasteiger partial charge in [-0.25, -0.2) is 0 Å². The van der Waals surface area contributed by atoms with Crippen molar-refractivity contribution in [1.82, 2.24) is 14.9 Å². The molecule has 0 fully saturated rings. The molecule has 14 heavy (non-hydrogen) atoms. The molecular weight excluding hydrogens is 246 g/mol. The Morgan fingerprint density at radius 1 is 1.57 bits per heavy atom. The summed E-state index contributed by atoms with van der Waals surface area (Å²) in [5, 5.41) is 8.76. The van der Waals surface area contributed by atoms with Crippen molar-refractivity contribution in [2.24, 2.45) is 0 Å². The van der Waals surface area contributed by atoms with E-state index in [0.717, 1.165) is 23.6 Å². The van der Waals surface area contributed by atoms with Crippen molar-refractivity contribution in [3.8, 4) is 11.3 Å². The predicted octanol–water partition coefficient (Wildman–Crippen LogP) is 2.45. The molecule has 0 aliphatic rings. The first-order valence-electron chi connectivity index (χ1n) is 4.38. The molecule has 0 aromatic carbocycles. The first-order chi connectivity index (χ1) is 6.83. The van der Waals surface area contributed by atoms with Gasteiger partial charge < -0.3 is 4.52 Å². The molecule has 2 aromatic rings. The van der Waals surface area contributed by atoms with E-state index in [2.05, 4.69) is 26.2 Å². The molecule has 0 N–H and O–H groups in total. The minimum atomic E-state index is 0.707. The molecule has 0 radical (unpaired) electrons. The van der Waals surface area contributed by atoms with Crippen LogP contribution in [0, 0.1) is 0 Å². The van der Waals surface area contributed by atoms with Crippen molar-refractivity contribution in [3.63, 3.8) is 0 Å². The zero-order chi connectivity index (χ0) is 9.97. The largest absolute Gasteiger partial charge is 0.356 e. The van der Waals surface area contributed by atoms with Crippen molar-refractivity contribution in [3.05, 3.63) is 24.2 Å². The molecule has 0 saturated carbocycles. The van der Waals surface area contributed by atoms with Crippen LogP contribution >= 0.6 is 15.9 Å². The molecule has 0 saturated heterocycles. The third-order valence-corrected chi connectivity index (χ3v) is 2.51. The Balaban J connectivity index is 2.29. The summed E-state index contributed by atoms with van der Waals surface area (Å²) < 4.78 is 7.02. The van der Waals surface area contributed by atoms with Gasteiger partial charge in [0.05, 0.1) is 17.5 Å². The zero-order valence-electron chi connectivity index (χ0n) is 7.77. The maximum Gasteiger partial charge on any atom is 0.170 e. The minimum absolute atomic E-state index is 0.707. The summed E-state index contributed by atoms with van der Waals surface area (Å²) in [5.41, 5.74) is 1.86. The molecule has 0 bridgehead atoms. The van der Waals surface area contributed by atoms with E-state index in [4.69, 9.17) is 4.52 Å². The maximum atomic E-state index is 5.17. The standard InChI is InChI=1S/C9H10BrN3O/c1-2-13-6-7(5-11-13)9-3-8(4-10)12-14-9/h3,5-6H,2,4H2,1H3. The van der Waals surface area contributed by atoms with Gasteiger partial charge in [-0.3, -0.25) is 4.68 Å². The van der Waals surface area contributed by atoms with Gasteiger partial charge in [-0.05, 0) is 6.92 Å². The second-order valence-electron chi connectivity index (χ2n) is 2.90. The number of halogens is 1. The van der Waals surface area contributed by atoms with Crippen molar-refractivity contribution in [1.29, 1.82) is 0 Å². The van der Waals surface area contributed by atoms with Crippen LogP contribution in [0.3, 0.4) is 0 Å². The number of aryl methyl sites for hydroxylation is 1.